The summed E-state index contributed by atoms with van der Waals surface area (Å²) in [4.78, 5) is 28.7. The van der Waals surface area contributed by atoms with Gasteiger partial charge in [0.15, 0.2) is 0 Å². The fourth-order valence-electron chi connectivity index (χ4n) is 4.26. The number of benzene rings is 3. The van der Waals surface area contributed by atoms with E-state index >= 15 is 0 Å². The standard InChI is InChI=1S/C30H36FN3O4S/c1-5-23-15-17-26(18-16-23)34(39(4,37)38)21-29(35)33(20-25-13-9-10-14-27(25)31)28(30(36)32-22(2)3)19-24-11-7-6-8-12-24/h6-18,22,28H,5,19-21H2,1-4H3,(H,32,36). The van der Waals surface area contributed by atoms with Crippen molar-refractivity contribution >= 4 is 27.5 Å². The molecule has 1 N–H and O–H groups in total. The predicted octanol–water partition coefficient (Wildman–Crippen LogP) is 4.32. The highest BCUT2D eigenvalue weighted by Gasteiger charge is 2.33. The lowest BCUT2D eigenvalue weighted by atomic mass is 10.0. The average Bonchev–Trinajstić information content (AvgIpc) is 2.89. The van der Waals surface area contributed by atoms with E-state index in [-0.39, 0.29) is 24.6 Å². The Labute approximate surface area is 230 Å². The Balaban J connectivity index is 2.05. The van der Waals surface area contributed by atoms with Gasteiger partial charge in [0.25, 0.3) is 0 Å². The molecule has 3 aromatic rings. The Hall–Kier alpha value is -3.72. The lowest BCUT2D eigenvalue weighted by Crippen LogP contribution is -2.54. The first-order chi connectivity index (χ1) is 18.5. The number of halogens is 1. The number of hydrogen-bond acceptors (Lipinski definition) is 4. The Morgan fingerprint density at radius 3 is 2.08 bits per heavy atom. The molecule has 0 radical (unpaired) electrons. The smallest absolute Gasteiger partial charge is 0.244 e. The van der Waals surface area contributed by atoms with Crippen LogP contribution in [-0.2, 0) is 39.0 Å². The Kier molecular flexibility index (Phi) is 10.2. The second kappa shape index (κ2) is 13.4. The van der Waals surface area contributed by atoms with Crippen LogP contribution < -0.4 is 9.62 Å². The molecule has 3 rings (SSSR count). The van der Waals surface area contributed by atoms with Crippen molar-refractivity contribution in [1.29, 1.82) is 0 Å². The number of aryl methyl sites for hydroxylation is 1. The Bertz CT molecular complexity index is 1360. The molecule has 0 spiro atoms. The van der Waals surface area contributed by atoms with Gasteiger partial charge in [-0.05, 0) is 49.6 Å². The molecule has 0 saturated carbocycles. The van der Waals surface area contributed by atoms with E-state index in [2.05, 4.69) is 5.32 Å². The molecule has 1 atom stereocenters. The second-order valence-corrected chi connectivity index (χ2v) is 11.7. The van der Waals surface area contributed by atoms with Gasteiger partial charge in [0.05, 0.1) is 11.9 Å². The van der Waals surface area contributed by atoms with Gasteiger partial charge in [-0.25, -0.2) is 12.8 Å². The topological polar surface area (TPSA) is 86.8 Å². The van der Waals surface area contributed by atoms with Crippen molar-refractivity contribution < 1.29 is 22.4 Å². The highest BCUT2D eigenvalue weighted by atomic mass is 32.2. The first-order valence-corrected chi connectivity index (χ1v) is 14.8. The minimum absolute atomic E-state index is 0.170. The van der Waals surface area contributed by atoms with E-state index in [1.807, 2.05) is 63.2 Å². The first-order valence-electron chi connectivity index (χ1n) is 12.9. The minimum Gasteiger partial charge on any atom is -0.352 e. The number of rotatable bonds is 12. The van der Waals surface area contributed by atoms with Crippen molar-refractivity contribution in [2.24, 2.45) is 0 Å². The molecule has 0 aliphatic rings. The summed E-state index contributed by atoms with van der Waals surface area (Å²) in [5, 5.41) is 2.87. The van der Waals surface area contributed by atoms with E-state index in [9.17, 15) is 22.4 Å². The van der Waals surface area contributed by atoms with E-state index < -0.39 is 40.2 Å². The molecule has 0 aliphatic heterocycles. The minimum atomic E-state index is -3.86. The highest BCUT2D eigenvalue weighted by Crippen LogP contribution is 2.22. The van der Waals surface area contributed by atoms with Gasteiger partial charge in [-0.2, -0.15) is 0 Å². The number of carbonyl (C=O) groups excluding carboxylic acids is 2. The number of anilines is 1. The van der Waals surface area contributed by atoms with Crippen LogP contribution in [0.25, 0.3) is 0 Å². The second-order valence-electron chi connectivity index (χ2n) is 9.77. The summed E-state index contributed by atoms with van der Waals surface area (Å²) >= 11 is 0. The van der Waals surface area contributed by atoms with E-state index in [1.54, 1.807) is 30.3 Å². The lowest BCUT2D eigenvalue weighted by molar-refractivity contribution is -0.140. The number of hydrogen-bond donors (Lipinski definition) is 1. The molecule has 0 aromatic heterocycles. The third-order valence-corrected chi connectivity index (χ3v) is 7.45. The maximum absolute atomic E-state index is 14.8. The fraction of sp³-hybridized carbons (Fsp3) is 0.333. The zero-order chi connectivity index (χ0) is 28.6. The van der Waals surface area contributed by atoms with Crippen LogP contribution in [0.5, 0.6) is 0 Å². The number of nitrogens with zero attached hydrogens (tertiary/aromatic N) is 2. The van der Waals surface area contributed by atoms with E-state index in [0.717, 1.165) is 28.1 Å². The normalized spacial score (nSPS) is 12.2. The van der Waals surface area contributed by atoms with Crippen LogP contribution in [0.15, 0.2) is 78.9 Å². The molecule has 0 bridgehead atoms. The molecular weight excluding hydrogens is 517 g/mol. The molecule has 2 amide bonds. The van der Waals surface area contributed by atoms with E-state index in [0.29, 0.717) is 5.69 Å². The van der Waals surface area contributed by atoms with Crippen molar-refractivity contribution in [3.63, 3.8) is 0 Å². The van der Waals surface area contributed by atoms with Gasteiger partial charge in [-0.15, -0.1) is 0 Å². The van der Waals surface area contributed by atoms with Crippen molar-refractivity contribution in [3.05, 3.63) is 101 Å². The van der Waals surface area contributed by atoms with Crippen LogP contribution in [0.2, 0.25) is 0 Å². The van der Waals surface area contributed by atoms with Crippen molar-refractivity contribution in [3.8, 4) is 0 Å². The van der Waals surface area contributed by atoms with Crippen LogP contribution in [0.3, 0.4) is 0 Å². The molecule has 0 saturated heterocycles. The summed E-state index contributed by atoms with van der Waals surface area (Å²) in [7, 11) is -3.86. The quantitative estimate of drug-likeness (QED) is 0.362. The number of amides is 2. The van der Waals surface area contributed by atoms with Gasteiger partial charge in [-0.1, -0.05) is 67.6 Å². The SMILES string of the molecule is CCc1ccc(N(CC(=O)N(Cc2ccccc2F)C(Cc2ccccc2)C(=O)NC(C)C)S(C)(=O)=O)cc1. The summed E-state index contributed by atoms with van der Waals surface area (Å²) in [5.41, 5.74) is 2.38. The number of nitrogens with one attached hydrogen (secondary N) is 1. The molecular formula is C30H36FN3O4S. The molecule has 0 aliphatic carbocycles. The van der Waals surface area contributed by atoms with Crippen molar-refractivity contribution in [2.75, 3.05) is 17.1 Å². The summed E-state index contributed by atoms with van der Waals surface area (Å²) in [5.74, 6) is -1.55. The molecule has 0 fully saturated rings. The van der Waals surface area contributed by atoms with Crippen molar-refractivity contribution in [2.45, 2.75) is 52.2 Å². The predicted molar refractivity (Wildman–Crippen MR) is 152 cm³/mol. The number of carbonyl (C=O) groups is 2. The molecule has 1 unspecified atom stereocenters. The van der Waals surface area contributed by atoms with E-state index in [1.165, 1.54) is 11.0 Å². The van der Waals surface area contributed by atoms with Gasteiger partial charge < -0.3 is 10.2 Å². The zero-order valence-corrected chi connectivity index (χ0v) is 23.6. The molecule has 9 heteroatoms. The van der Waals surface area contributed by atoms with Crippen molar-refractivity contribution in [1.82, 2.24) is 10.2 Å². The zero-order valence-electron chi connectivity index (χ0n) is 22.8. The molecule has 3 aromatic carbocycles. The highest BCUT2D eigenvalue weighted by molar-refractivity contribution is 7.92. The summed E-state index contributed by atoms with van der Waals surface area (Å²) < 4.78 is 41.4. The largest absolute Gasteiger partial charge is 0.352 e. The lowest BCUT2D eigenvalue weighted by Gasteiger charge is -2.34. The summed E-state index contributed by atoms with van der Waals surface area (Å²) in [6.45, 7) is 4.86. The molecule has 208 valence electrons. The number of sulfonamides is 1. The van der Waals surface area contributed by atoms with Gasteiger partial charge >= 0.3 is 0 Å². The first kappa shape index (κ1) is 29.8. The molecule has 39 heavy (non-hydrogen) atoms. The third-order valence-electron chi connectivity index (χ3n) is 6.31. The summed E-state index contributed by atoms with van der Waals surface area (Å²) in [6.07, 6.45) is 1.98. The van der Waals surface area contributed by atoms with Gasteiger partial charge in [0.1, 0.15) is 18.4 Å². The van der Waals surface area contributed by atoms with Crippen LogP contribution >= 0.6 is 0 Å². The van der Waals surface area contributed by atoms with Gasteiger partial charge in [-0.3, -0.25) is 13.9 Å². The third kappa shape index (κ3) is 8.38. The maximum Gasteiger partial charge on any atom is 0.244 e. The maximum atomic E-state index is 14.8. The van der Waals surface area contributed by atoms with E-state index in [4.69, 9.17) is 0 Å². The summed E-state index contributed by atoms with van der Waals surface area (Å²) in [6, 6.07) is 21.0. The van der Waals surface area contributed by atoms with Gasteiger partial charge in [0, 0.05) is 24.6 Å². The molecule has 0 heterocycles. The van der Waals surface area contributed by atoms with Crippen LogP contribution in [0, 0.1) is 5.82 Å². The fourth-order valence-corrected chi connectivity index (χ4v) is 5.11. The van der Waals surface area contributed by atoms with Crippen LogP contribution in [-0.4, -0.2) is 50.0 Å². The van der Waals surface area contributed by atoms with Crippen LogP contribution in [0.1, 0.15) is 37.5 Å². The molecule has 7 nitrogen and oxygen atoms in total. The Morgan fingerprint density at radius 2 is 1.51 bits per heavy atom. The van der Waals surface area contributed by atoms with Crippen LogP contribution in [0.4, 0.5) is 10.1 Å². The average molecular weight is 554 g/mol. The van der Waals surface area contributed by atoms with Gasteiger partial charge in [0.2, 0.25) is 21.8 Å². The monoisotopic (exact) mass is 553 g/mol. The Morgan fingerprint density at radius 1 is 0.897 bits per heavy atom.